The maximum atomic E-state index is 12.9. The molecule has 1 saturated heterocycles. The predicted octanol–water partition coefficient (Wildman–Crippen LogP) is 2.16. The van der Waals surface area contributed by atoms with Gasteiger partial charge in [-0.05, 0) is 49.0 Å². The fraction of sp³-hybridized carbons (Fsp3) is 0.619. The molecule has 0 bridgehead atoms. The van der Waals surface area contributed by atoms with Crippen LogP contribution in [0.4, 0.5) is 0 Å². The van der Waals surface area contributed by atoms with Crippen molar-refractivity contribution in [3.8, 4) is 0 Å². The summed E-state index contributed by atoms with van der Waals surface area (Å²) < 4.78 is 26.5. The van der Waals surface area contributed by atoms with Gasteiger partial charge in [0.2, 0.25) is 15.9 Å². The van der Waals surface area contributed by atoms with Gasteiger partial charge in [-0.25, -0.2) is 13.1 Å². The summed E-state index contributed by atoms with van der Waals surface area (Å²) in [5.74, 6) is 0.784. The Morgan fingerprint density at radius 2 is 1.63 bits per heavy atom. The SMILES string of the molecule is CCS(=O)(=O)NC(CCSC)C(=O)N1CCN(C(=O)c2ccc(C(C)C)cc2)CC1. The Hall–Kier alpha value is -1.58. The quantitative estimate of drug-likeness (QED) is 0.617. The molecule has 168 valence electrons. The fourth-order valence-corrected chi connectivity index (χ4v) is 4.60. The molecule has 1 fully saturated rings. The molecule has 2 amide bonds. The Bertz CT molecular complexity index is 817. The lowest BCUT2D eigenvalue weighted by Crippen LogP contribution is -2.56. The highest BCUT2D eigenvalue weighted by atomic mass is 32.2. The maximum absolute atomic E-state index is 12.9. The zero-order valence-electron chi connectivity index (χ0n) is 18.3. The van der Waals surface area contributed by atoms with E-state index in [1.807, 2.05) is 30.5 Å². The third-order valence-electron chi connectivity index (χ3n) is 5.31. The number of nitrogens with one attached hydrogen (secondary N) is 1. The van der Waals surface area contributed by atoms with Crippen LogP contribution >= 0.6 is 11.8 Å². The number of benzene rings is 1. The van der Waals surface area contributed by atoms with Crippen LogP contribution < -0.4 is 4.72 Å². The molecule has 1 aromatic carbocycles. The number of hydrogen-bond acceptors (Lipinski definition) is 5. The molecule has 0 saturated carbocycles. The van der Waals surface area contributed by atoms with Crippen LogP contribution in [-0.4, -0.2) is 80.0 Å². The Labute approximate surface area is 184 Å². The van der Waals surface area contributed by atoms with Crippen LogP contribution in [0.25, 0.3) is 0 Å². The second kappa shape index (κ2) is 11.2. The highest BCUT2D eigenvalue weighted by molar-refractivity contribution is 7.98. The Kier molecular flexibility index (Phi) is 9.18. The zero-order chi connectivity index (χ0) is 22.3. The number of rotatable bonds is 9. The monoisotopic (exact) mass is 455 g/mol. The third kappa shape index (κ3) is 6.72. The van der Waals surface area contributed by atoms with Crippen molar-refractivity contribution >= 4 is 33.6 Å². The number of carbonyl (C=O) groups excluding carboxylic acids is 2. The lowest BCUT2D eigenvalue weighted by molar-refractivity contribution is -0.134. The lowest BCUT2D eigenvalue weighted by Gasteiger charge is -2.36. The summed E-state index contributed by atoms with van der Waals surface area (Å²) in [6.07, 6.45) is 2.37. The number of amides is 2. The maximum Gasteiger partial charge on any atom is 0.253 e. The Balaban J connectivity index is 1.98. The first-order valence-electron chi connectivity index (χ1n) is 10.4. The minimum Gasteiger partial charge on any atom is -0.338 e. The van der Waals surface area contributed by atoms with Gasteiger partial charge in [-0.2, -0.15) is 11.8 Å². The van der Waals surface area contributed by atoms with Crippen LogP contribution in [0.5, 0.6) is 0 Å². The van der Waals surface area contributed by atoms with E-state index in [0.29, 0.717) is 49.8 Å². The molecule has 9 heteroatoms. The van der Waals surface area contributed by atoms with E-state index in [-0.39, 0.29) is 17.6 Å². The van der Waals surface area contributed by atoms with Crippen LogP contribution in [0.1, 0.15) is 49.0 Å². The number of piperazine rings is 1. The molecule has 0 aromatic heterocycles. The number of nitrogens with zero attached hydrogens (tertiary/aromatic N) is 2. The average molecular weight is 456 g/mol. The molecule has 30 heavy (non-hydrogen) atoms. The minimum atomic E-state index is -3.47. The van der Waals surface area contributed by atoms with Gasteiger partial charge in [0.25, 0.3) is 5.91 Å². The summed E-state index contributed by atoms with van der Waals surface area (Å²) in [5.41, 5.74) is 1.83. The summed E-state index contributed by atoms with van der Waals surface area (Å²) in [6.45, 7) is 7.45. The molecule has 1 heterocycles. The van der Waals surface area contributed by atoms with E-state index in [1.54, 1.807) is 28.5 Å². The molecule has 1 aromatic rings. The van der Waals surface area contributed by atoms with E-state index in [1.165, 1.54) is 5.56 Å². The van der Waals surface area contributed by atoms with Gasteiger partial charge in [0.05, 0.1) is 5.75 Å². The van der Waals surface area contributed by atoms with Crippen molar-refractivity contribution in [2.75, 3.05) is 43.9 Å². The molecule has 1 aliphatic heterocycles. The standard InChI is InChI=1S/C21H33N3O4S2/c1-5-30(27,28)22-19(10-15-29-4)21(26)24-13-11-23(12-14-24)20(25)18-8-6-17(7-9-18)16(2)3/h6-9,16,19,22H,5,10-15H2,1-4H3. The first-order valence-corrected chi connectivity index (χ1v) is 13.4. The Morgan fingerprint density at radius 3 is 2.13 bits per heavy atom. The molecular formula is C21H33N3O4S2. The molecule has 2 rings (SSSR count). The average Bonchev–Trinajstić information content (AvgIpc) is 2.75. The molecule has 1 unspecified atom stereocenters. The van der Waals surface area contributed by atoms with Crippen molar-refractivity contribution in [2.24, 2.45) is 0 Å². The van der Waals surface area contributed by atoms with Crippen molar-refractivity contribution in [1.29, 1.82) is 0 Å². The zero-order valence-corrected chi connectivity index (χ0v) is 19.9. The van der Waals surface area contributed by atoms with E-state index in [0.717, 1.165) is 0 Å². The number of carbonyl (C=O) groups is 2. The van der Waals surface area contributed by atoms with Gasteiger partial charge in [-0.15, -0.1) is 0 Å². The van der Waals surface area contributed by atoms with Gasteiger partial charge < -0.3 is 9.80 Å². The van der Waals surface area contributed by atoms with Gasteiger partial charge in [-0.1, -0.05) is 26.0 Å². The fourth-order valence-electron chi connectivity index (χ4n) is 3.31. The van der Waals surface area contributed by atoms with Crippen molar-refractivity contribution in [1.82, 2.24) is 14.5 Å². The molecule has 1 aliphatic rings. The number of thioether (sulfide) groups is 1. The summed E-state index contributed by atoms with van der Waals surface area (Å²) in [5, 5.41) is 0. The van der Waals surface area contributed by atoms with Crippen molar-refractivity contribution in [3.05, 3.63) is 35.4 Å². The largest absolute Gasteiger partial charge is 0.338 e. The molecule has 0 aliphatic carbocycles. The van der Waals surface area contributed by atoms with Crippen LogP contribution in [0.2, 0.25) is 0 Å². The van der Waals surface area contributed by atoms with Crippen molar-refractivity contribution in [2.45, 2.75) is 39.2 Å². The first-order chi connectivity index (χ1) is 14.2. The molecule has 1 atom stereocenters. The van der Waals surface area contributed by atoms with E-state index in [4.69, 9.17) is 0 Å². The summed E-state index contributed by atoms with van der Waals surface area (Å²) >= 11 is 1.57. The van der Waals surface area contributed by atoms with E-state index in [2.05, 4.69) is 18.6 Å². The smallest absolute Gasteiger partial charge is 0.253 e. The van der Waals surface area contributed by atoms with E-state index >= 15 is 0 Å². The first kappa shape index (κ1) is 24.7. The molecular weight excluding hydrogens is 422 g/mol. The van der Waals surface area contributed by atoms with Gasteiger partial charge >= 0.3 is 0 Å². The van der Waals surface area contributed by atoms with Crippen molar-refractivity contribution < 1.29 is 18.0 Å². The predicted molar refractivity (Wildman–Crippen MR) is 122 cm³/mol. The van der Waals surface area contributed by atoms with E-state index < -0.39 is 16.1 Å². The van der Waals surface area contributed by atoms with Crippen molar-refractivity contribution in [3.63, 3.8) is 0 Å². The van der Waals surface area contributed by atoms with Gasteiger partial charge in [0, 0.05) is 31.7 Å². The summed E-state index contributed by atoms with van der Waals surface area (Å²) in [4.78, 5) is 29.1. The van der Waals surface area contributed by atoms with Crippen LogP contribution in [-0.2, 0) is 14.8 Å². The summed E-state index contributed by atoms with van der Waals surface area (Å²) in [7, 11) is -3.47. The topological polar surface area (TPSA) is 86.8 Å². The lowest BCUT2D eigenvalue weighted by atomic mass is 10.0. The molecule has 7 nitrogen and oxygen atoms in total. The highest BCUT2D eigenvalue weighted by Gasteiger charge is 2.31. The van der Waals surface area contributed by atoms with Crippen LogP contribution in [0.3, 0.4) is 0 Å². The molecule has 0 spiro atoms. The second-order valence-corrected chi connectivity index (χ2v) is 10.8. The highest BCUT2D eigenvalue weighted by Crippen LogP contribution is 2.17. The molecule has 1 N–H and O–H groups in total. The number of sulfonamides is 1. The third-order valence-corrected chi connectivity index (χ3v) is 7.36. The minimum absolute atomic E-state index is 0.0389. The van der Waals surface area contributed by atoms with Gasteiger partial charge in [0.1, 0.15) is 6.04 Å². The summed E-state index contributed by atoms with van der Waals surface area (Å²) in [6, 6.07) is 6.91. The van der Waals surface area contributed by atoms with E-state index in [9.17, 15) is 18.0 Å². The van der Waals surface area contributed by atoms with Gasteiger partial charge in [0.15, 0.2) is 0 Å². The van der Waals surface area contributed by atoms with Crippen LogP contribution in [0, 0.1) is 0 Å². The van der Waals surface area contributed by atoms with Crippen LogP contribution in [0.15, 0.2) is 24.3 Å². The number of hydrogen-bond donors (Lipinski definition) is 1. The second-order valence-electron chi connectivity index (χ2n) is 7.75. The normalized spacial score (nSPS) is 16.0. The van der Waals surface area contributed by atoms with Gasteiger partial charge in [-0.3, -0.25) is 9.59 Å². The molecule has 0 radical (unpaired) electrons. The Morgan fingerprint density at radius 1 is 1.07 bits per heavy atom.